The highest BCUT2D eigenvalue weighted by molar-refractivity contribution is 7.98. The summed E-state index contributed by atoms with van der Waals surface area (Å²) >= 11 is 1.34. The Kier molecular flexibility index (Phi) is 4.53. The average molecular weight is 372 g/mol. The maximum absolute atomic E-state index is 12.2. The highest BCUT2D eigenvalue weighted by Gasteiger charge is 2.14. The zero-order valence-corrected chi connectivity index (χ0v) is 15.5. The number of nitrogens with zero attached hydrogens (tertiary/aromatic N) is 3. The Balaban J connectivity index is 1.79. The number of hydrogen-bond acceptors (Lipinski definition) is 4. The van der Waals surface area contributed by atoms with Gasteiger partial charge in [0.2, 0.25) is 0 Å². The van der Waals surface area contributed by atoms with E-state index in [1.165, 1.54) is 17.3 Å². The molecule has 0 amide bonds. The van der Waals surface area contributed by atoms with Gasteiger partial charge in [-0.15, -0.1) is 0 Å². The van der Waals surface area contributed by atoms with Gasteiger partial charge in [0, 0.05) is 29.2 Å². The molecule has 2 aromatic heterocycles. The molecule has 1 N–H and O–H groups in total. The smallest absolute Gasteiger partial charge is 0.270 e. The number of nitrogens with one attached hydrogen (secondary N) is 1. The summed E-state index contributed by atoms with van der Waals surface area (Å²) < 4.78 is 2.18. The number of aromatic nitrogens is 3. The van der Waals surface area contributed by atoms with Gasteiger partial charge in [-0.2, -0.15) is 5.26 Å². The summed E-state index contributed by atoms with van der Waals surface area (Å²) in [7, 11) is 0. The van der Waals surface area contributed by atoms with E-state index in [1.54, 1.807) is 0 Å². The van der Waals surface area contributed by atoms with Crippen molar-refractivity contribution in [3.05, 3.63) is 82.3 Å². The molecule has 2 heterocycles. The van der Waals surface area contributed by atoms with E-state index in [2.05, 4.69) is 26.7 Å². The largest absolute Gasteiger partial charge is 0.343 e. The molecule has 0 aliphatic heterocycles. The number of benzene rings is 2. The van der Waals surface area contributed by atoms with Crippen molar-refractivity contribution >= 4 is 22.7 Å². The quantitative estimate of drug-likeness (QED) is 0.433. The highest BCUT2D eigenvalue weighted by atomic mass is 32.2. The van der Waals surface area contributed by atoms with Crippen LogP contribution in [0.25, 0.3) is 22.2 Å². The SMILES string of the molecule is CSc1nc(-c2ccc3c(ccn3Cc3ccccc3)c2)c(C#N)c(=O)[nH]1. The van der Waals surface area contributed by atoms with Gasteiger partial charge in [0.1, 0.15) is 11.6 Å². The highest BCUT2D eigenvalue weighted by Crippen LogP contribution is 2.26. The zero-order chi connectivity index (χ0) is 18.8. The lowest BCUT2D eigenvalue weighted by Gasteiger charge is -2.08. The Morgan fingerprint density at radius 3 is 2.74 bits per heavy atom. The molecule has 27 heavy (non-hydrogen) atoms. The van der Waals surface area contributed by atoms with Crippen LogP contribution in [0.3, 0.4) is 0 Å². The molecule has 0 spiro atoms. The van der Waals surface area contributed by atoms with Crippen LogP contribution in [-0.4, -0.2) is 20.8 Å². The second-order valence-corrected chi connectivity index (χ2v) is 6.91. The van der Waals surface area contributed by atoms with E-state index in [4.69, 9.17) is 0 Å². The van der Waals surface area contributed by atoms with Crippen LogP contribution < -0.4 is 5.56 Å². The van der Waals surface area contributed by atoms with E-state index in [9.17, 15) is 10.1 Å². The minimum Gasteiger partial charge on any atom is -0.343 e. The molecule has 0 aliphatic rings. The molecule has 4 aromatic rings. The fourth-order valence-electron chi connectivity index (χ4n) is 3.13. The average Bonchev–Trinajstić information content (AvgIpc) is 3.10. The van der Waals surface area contributed by atoms with Gasteiger partial charge in [0.15, 0.2) is 5.16 Å². The molecule has 0 fully saturated rings. The number of rotatable bonds is 4. The first kappa shape index (κ1) is 17.1. The third-order valence-electron chi connectivity index (χ3n) is 4.44. The molecular weight excluding hydrogens is 356 g/mol. The summed E-state index contributed by atoms with van der Waals surface area (Å²) in [5.74, 6) is 0. The first-order valence-corrected chi connectivity index (χ1v) is 9.63. The van der Waals surface area contributed by atoms with Crippen LogP contribution >= 0.6 is 11.8 Å². The number of aromatic amines is 1. The standard InChI is InChI=1S/C21H16N4OS/c1-27-21-23-19(17(12-22)20(26)24-21)16-7-8-18-15(11-16)9-10-25(18)13-14-5-3-2-4-6-14/h2-11H,13H2,1H3,(H,23,24,26). The molecule has 6 heteroatoms. The maximum Gasteiger partial charge on any atom is 0.270 e. The van der Waals surface area contributed by atoms with E-state index in [0.717, 1.165) is 23.0 Å². The Morgan fingerprint density at radius 1 is 1.19 bits per heavy atom. The summed E-state index contributed by atoms with van der Waals surface area (Å²) in [4.78, 5) is 19.2. The fraction of sp³-hybridized carbons (Fsp3) is 0.0952. The van der Waals surface area contributed by atoms with Gasteiger partial charge in [-0.1, -0.05) is 48.2 Å². The van der Waals surface area contributed by atoms with E-state index >= 15 is 0 Å². The molecule has 0 saturated carbocycles. The van der Waals surface area contributed by atoms with Crippen LogP contribution in [0.1, 0.15) is 11.1 Å². The van der Waals surface area contributed by atoms with Crippen molar-refractivity contribution in [1.82, 2.24) is 14.5 Å². The number of H-pyrrole nitrogens is 1. The molecule has 0 saturated heterocycles. The molecule has 5 nitrogen and oxygen atoms in total. The monoisotopic (exact) mass is 372 g/mol. The van der Waals surface area contributed by atoms with Crippen molar-refractivity contribution in [3.8, 4) is 17.3 Å². The van der Waals surface area contributed by atoms with Crippen LogP contribution in [0, 0.1) is 11.3 Å². The van der Waals surface area contributed by atoms with Crippen molar-refractivity contribution in [2.24, 2.45) is 0 Å². The van der Waals surface area contributed by atoms with Gasteiger partial charge in [-0.3, -0.25) is 4.79 Å². The molecule has 0 atom stereocenters. The summed E-state index contributed by atoms with van der Waals surface area (Å²) in [5, 5.41) is 10.9. The number of nitriles is 1. The van der Waals surface area contributed by atoms with Crippen molar-refractivity contribution in [3.63, 3.8) is 0 Å². The van der Waals surface area contributed by atoms with Crippen LogP contribution in [-0.2, 0) is 6.54 Å². The lowest BCUT2D eigenvalue weighted by molar-refractivity contribution is 0.837. The molecule has 0 unspecified atom stereocenters. The van der Waals surface area contributed by atoms with Gasteiger partial charge in [0.05, 0.1) is 5.69 Å². The van der Waals surface area contributed by atoms with Gasteiger partial charge in [0.25, 0.3) is 5.56 Å². The van der Waals surface area contributed by atoms with Crippen LogP contribution in [0.5, 0.6) is 0 Å². The molecule has 4 rings (SSSR count). The lowest BCUT2D eigenvalue weighted by Crippen LogP contribution is -2.14. The summed E-state index contributed by atoms with van der Waals surface area (Å²) in [5.41, 5.74) is 3.13. The third kappa shape index (κ3) is 3.25. The minimum atomic E-state index is -0.409. The predicted octanol–water partition coefficient (Wildman–Crippen LogP) is 4.03. The van der Waals surface area contributed by atoms with Gasteiger partial charge >= 0.3 is 0 Å². The predicted molar refractivity (Wildman–Crippen MR) is 108 cm³/mol. The Bertz CT molecular complexity index is 1220. The molecule has 2 aromatic carbocycles. The first-order valence-electron chi connectivity index (χ1n) is 8.41. The molecule has 132 valence electrons. The number of thioether (sulfide) groups is 1. The lowest BCUT2D eigenvalue weighted by atomic mass is 10.1. The van der Waals surface area contributed by atoms with Crippen LogP contribution in [0.4, 0.5) is 0 Å². The first-order chi connectivity index (χ1) is 13.2. The number of hydrogen-bond donors (Lipinski definition) is 1. The second kappa shape index (κ2) is 7.14. The molecule has 0 bridgehead atoms. The van der Waals surface area contributed by atoms with E-state index in [0.29, 0.717) is 10.9 Å². The van der Waals surface area contributed by atoms with E-state index in [1.807, 2.05) is 61.0 Å². The third-order valence-corrected chi connectivity index (χ3v) is 5.02. The maximum atomic E-state index is 12.2. The molecular formula is C21H16N4OS. The Labute approximate surface area is 160 Å². The van der Waals surface area contributed by atoms with Crippen molar-refractivity contribution in [2.75, 3.05) is 6.26 Å². The van der Waals surface area contributed by atoms with E-state index in [-0.39, 0.29) is 5.56 Å². The minimum absolute atomic E-state index is 0.0378. The zero-order valence-electron chi connectivity index (χ0n) is 14.6. The summed E-state index contributed by atoms with van der Waals surface area (Å²) in [6.45, 7) is 0.785. The summed E-state index contributed by atoms with van der Waals surface area (Å²) in [6, 6.07) is 20.2. The van der Waals surface area contributed by atoms with Gasteiger partial charge in [-0.25, -0.2) is 4.98 Å². The fourth-order valence-corrected chi connectivity index (χ4v) is 3.50. The molecule has 0 radical (unpaired) electrons. The van der Waals surface area contributed by atoms with Crippen LogP contribution in [0.15, 0.2) is 70.7 Å². The van der Waals surface area contributed by atoms with E-state index < -0.39 is 5.56 Å². The summed E-state index contributed by atoms with van der Waals surface area (Å²) in [6.07, 6.45) is 3.88. The topological polar surface area (TPSA) is 74.5 Å². The Hall–Kier alpha value is -3.30. The second-order valence-electron chi connectivity index (χ2n) is 6.11. The Morgan fingerprint density at radius 2 is 2.00 bits per heavy atom. The van der Waals surface area contributed by atoms with Crippen molar-refractivity contribution in [2.45, 2.75) is 11.7 Å². The normalized spacial score (nSPS) is 10.8. The van der Waals surface area contributed by atoms with Crippen LogP contribution in [0.2, 0.25) is 0 Å². The van der Waals surface area contributed by atoms with Crippen molar-refractivity contribution in [1.29, 1.82) is 5.26 Å². The van der Waals surface area contributed by atoms with Gasteiger partial charge in [-0.05, 0) is 30.0 Å². The van der Waals surface area contributed by atoms with Gasteiger partial charge < -0.3 is 9.55 Å². The molecule has 0 aliphatic carbocycles. The van der Waals surface area contributed by atoms with Crippen molar-refractivity contribution < 1.29 is 0 Å². The number of fused-ring (bicyclic) bond motifs is 1.